The lowest BCUT2D eigenvalue weighted by Crippen LogP contribution is -2.30. The standard InChI is InChI=1S/C8H6BClO2S2/c10-8-2-4-1-5(9(11)12)6(13)3-7(4)14-8/h1-3,11-13H. The van der Waals surface area contributed by atoms with Crippen LogP contribution >= 0.6 is 35.6 Å². The summed E-state index contributed by atoms with van der Waals surface area (Å²) in [5.41, 5.74) is 0.398. The molecular weight excluding hydrogens is 238 g/mol. The molecule has 0 aliphatic rings. The second-order valence-corrected chi connectivity index (χ2v) is 5.07. The van der Waals surface area contributed by atoms with E-state index in [9.17, 15) is 0 Å². The predicted octanol–water partition coefficient (Wildman–Crippen LogP) is 1.52. The van der Waals surface area contributed by atoms with Gasteiger partial charge in [-0.25, -0.2) is 0 Å². The van der Waals surface area contributed by atoms with E-state index in [1.54, 1.807) is 18.2 Å². The first kappa shape index (κ1) is 10.3. The van der Waals surface area contributed by atoms with E-state index in [4.69, 9.17) is 21.6 Å². The third-order valence-corrected chi connectivity index (χ3v) is 3.53. The third-order valence-electron chi connectivity index (χ3n) is 1.91. The summed E-state index contributed by atoms with van der Waals surface area (Å²) in [6, 6.07) is 5.26. The fourth-order valence-electron chi connectivity index (χ4n) is 1.27. The lowest BCUT2D eigenvalue weighted by Gasteiger charge is -2.03. The maximum absolute atomic E-state index is 9.05. The summed E-state index contributed by atoms with van der Waals surface area (Å²) < 4.78 is 1.67. The Hall–Kier alpha value is -0.195. The first-order valence-electron chi connectivity index (χ1n) is 3.86. The molecule has 1 aromatic carbocycles. The van der Waals surface area contributed by atoms with Crippen LogP contribution in [-0.4, -0.2) is 17.2 Å². The van der Waals surface area contributed by atoms with Gasteiger partial charge in [0.2, 0.25) is 0 Å². The number of hydrogen-bond donors (Lipinski definition) is 3. The van der Waals surface area contributed by atoms with Gasteiger partial charge < -0.3 is 10.0 Å². The Balaban J connectivity index is 2.70. The van der Waals surface area contributed by atoms with Crippen molar-refractivity contribution in [3.05, 3.63) is 22.5 Å². The van der Waals surface area contributed by atoms with Crippen LogP contribution in [0.15, 0.2) is 23.1 Å². The number of halogens is 1. The number of hydrogen-bond acceptors (Lipinski definition) is 4. The first-order valence-corrected chi connectivity index (χ1v) is 5.50. The van der Waals surface area contributed by atoms with E-state index in [-0.39, 0.29) is 0 Å². The molecule has 0 bridgehead atoms. The van der Waals surface area contributed by atoms with Gasteiger partial charge in [0.05, 0.1) is 4.34 Å². The van der Waals surface area contributed by atoms with Crippen LogP contribution in [0.3, 0.4) is 0 Å². The van der Waals surface area contributed by atoms with Gasteiger partial charge in [0.15, 0.2) is 0 Å². The Labute approximate surface area is 95.7 Å². The average molecular weight is 245 g/mol. The second kappa shape index (κ2) is 3.75. The normalized spacial score (nSPS) is 10.9. The molecular formula is C8H6BClO2S2. The molecule has 0 unspecified atom stereocenters. The topological polar surface area (TPSA) is 40.5 Å². The van der Waals surface area contributed by atoms with E-state index in [0.717, 1.165) is 10.1 Å². The molecule has 2 aromatic rings. The van der Waals surface area contributed by atoms with Gasteiger partial charge in [-0.15, -0.1) is 24.0 Å². The molecule has 2 rings (SSSR count). The Morgan fingerprint density at radius 2 is 2.00 bits per heavy atom. The van der Waals surface area contributed by atoms with E-state index >= 15 is 0 Å². The molecule has 0 amide bonds. The zero-order valence-corrected chi connectivity index (χ0v) is 9.40. The summed E-state index contributed by atoms with van der Waals surface area (Å²) in [6.45, 7) is 0. The van der Waals surface area contributed by atoms with Crippen molar-refractivity contribution in [1.82, 2.24) is 0 Å². The van der Waals surface area contributed by atoms with Crippen molar-refractivity contribution >= 4 is 58.2 Å². The number of fused-ring (bicyclic) bond motifs is 1. The van der Waals surface area contributed by atoms with Crippen LogP contribution in [-0.2, 0) is 0 Å². The molecule has 14 heavy (non-hydrogen) atoms. The van der Waals surface area contributed by atoms with E-state index < -0.39 is 7.12 Å². The van der Waals surface area contributed by atoms with Crippen molar-refractivity contribution < 1.29 is 10.0 Å². The van der Waals surface area contributed by atoms with Crippen molar-refractivity contribution in [3.63, 3.8) is 0 Å². The van der Waals surface area contributed by atoms with Gasteiger partial charge in [-0.2, -0.15) is 0 Å². The van der Waals surface area contributed by atoms with Crippen molar-refractivity contribution in [2.24, 2.45) is 0 Å². The van der Waals surface area contributed by atoms with Gasteiger partial charge in [0, 0.05) is 9.60 Å². The molecule has 0 fully saturated rings. The summed E-state index contributed by atoms with van der Waals surface area (Å²) in [5.74, 6) is 0. The predicted molar refractivity (Wildman–Crippen MR) is 63.9 cm³/mol. The molecule has 0 spiro atoms. The lowest BCUT2D eigenvalue weighted by atomic mass is 9.80. The van der Waals surface area contributed by atoms with E-state index in [1.165, 1.54) is 11.3 Å². The molecule has 0 radical (unpaired) electrons. The van der Waals surface area contributed by atoms with Crippen molar-refractivity contribution in [1.29, 1.82) is 0 Å². The molecule has 0 atom stereocenters. The number of benzene rings is 1. The Bertz CT molecular complexity index is 483. The molecule has 0 aliphatic carbocycles. The Kier molecular flexibility index (Phi) is 2.77. The highest BCUT2D eigenvalue weighted by Crippen LogP contribution is 2.30. The number of thiol groups is 1. The van der Waals surface area contributed by atoms with Gasteiger partial charge in [-0.3, -0.25) is 0 Å². The maximum Gasteiger partial charge on any atom is 0.489 e. The van der Waals surface area contributed by atoms with Crippen LogP contribution in [0.5, 0.6) is 0 Å². The average Bonchev–Trinajstić information content (AvgIpc) is 2.42. The molecule has 0 aliphatic heterocycles. The highest BCUT2D eigenvalue weighted by Gasteiger charge is 2.15. The molecule has 2 nitrogen and oxygen atoms in total. The van der Waals surface area contributed by atoms with Crippen molar-refractivity contribution in [3.8, 4) is 0 Å². The highest BCUT2D eigenvalue weighted by molar-refractivity contribution is 7.80. The lowest BCUT2D eigenvalue weighted by molar-refractivity contribution is 0.425. The quantitative estimate of drug-likeness (QED) is 0.526. The van der Waals surface area contributed by atoms with Gasteiger partial charge in [-0.1, -0.05) is 17.7 Å². The summed E-state index contributed by atoms with van der Waals surface area (Å²) in [4.78, 5) is 0.561. The molecule has 2 N–H and O–H groups in total. The van der Waals surface area contributed by atoms with Crippen LogP contribution in [0.1, 0.15) is 0 Å². The van der Waals surface area contributed by atoms with Gasteiger partial charge in [0.25, 0.3) is 0 Å². The third kappa shape index (κ3) is 1.78. The minimum atomic E-state index is -1.49. The summed E-state index contributed by atoms with van der Waals surface area (Å²) in [7, 11) is -1.49. The second-order valence-electron chi connectivity index (χ2n) is 2.87. The highest BCUT2D eigenvalue weighted by atomic mass is 35.5. The molecule has 72 valence electrons. The Morgan fingerprint density at radius 1 is 1.29 bits per heavy atom. The molecule has 0 saturated carbocycles. The fraction of sp³-hybridized carbons (Fsp3) is 0. The summed E-state index contributed by atoms with van der Waals surface area (Å²) in [6.07, 6.45) is 0. The van der Waals surface area contributed by atoms with E-state index in [0.29, 0.717) is 14.7 Å². The molecule has 6 heteroatoms. The van der Waals surface area contributed by atoms with Crippen LogP contribution < -0.4 is 5.46 Å². The smallest absolute Gasteiger partial charge is 0.423 e. The number of rotatable bonds is 1. The Morgan fingerprint density at radius 3 is 2.64 bits per heavy atom. The van der Waals surface area contributed by atoms with E-state index in [1.807, 2.05) is 0 Å². The zero-order chi connectivity index (χ0) is 10.3. The monoisotopic (exact) mass is 244 g/mol. The summed E-state index contributed by atoms with van der Waals surface area (Å²) >= 11 is 11.4. The minimum Gasteiger partial charge on any atom is -0.423 e. The van der Waals surface area contributed by atoms with Crippen LogP contribution in [0.25, 0.3) is 10.1 Å². The molecule has 0 saturated heterocycles. The van der Waals surface area contributed by atoms with Crippen molar-refractivity contribution in [2.45, 2.75) is 4.90 Å². The van der Waals surface area contributed by atoms with Gasteiger partial charge >= 0.3 is 7.12 Å². The largest absolute Gasteiger partial charge is 0.489 e. The fourth-order valence-corrected chi connectivity index (χ4v) is 2.84. The molecule has 1 aromatic heterocycles. The summed E-state index contributed by atoms with van der Waals surface area (Å²) in [5, 5.41) is 19.0. The number of thiophene rings is 1. The van der Waals surface area contributed by atoms with Crippen molar-refractivity contribution in [2.75, 3.05) is 0 Å². The van der Waals surface area contributed by atoms with Gasteiger partial charge in [-0.05, 0) is 23.0 Å². The SMILES string of the molecule is OB(O)c1cc2cc(Cl)sc2cc1S. The maximum atomic E-state index is 9.05. The van der Waals surface area contributed by atoms with Crippen LogP contribution in [0.4, 0.5) is 0 Å². The molecule has 1 heterocycles. The first-order chi connectivity index (χ1) is 6.58. The zero-order valence-electron chi connectivity index (χ0n) is 6.94. The van der Waals surface area contributed by atoms with Crippen LogP contribution in [0, 0.1) is 0 Å². The van der Waals surface area contributed by atoms with Gasteiger partial charge in [0.1, 0.15) is 0 Å². The minimum absolute atomic E-state index is 0.398. The van der Waals surface area contributed by atoms with E-state index in [2.05, 4.69) is 12.6 Å². The van der Waals surface area contributed by atoms with Crippen LogP contribution in [0.2, 0.25) is 4.34 Å².